The van der Waals surface area contributed by atoms with Gasteiger partial charge in [0, 0.05) is 6.20 Å². The van der Waals surface area contributed by atoms with Crippen LogP contribution in [-0.2, 0) is 0 Å². The third-order valence-electron chi connectivity index (χ3n) is 4.48. The molecule has 0 spiro atoms. The van der Waals surface area contributed by atoms with E-state index >= 15 is 0 Å². The molecule has 26 heavy (non-hydrogen) atoms. The molecule has 0 bridgehead atoms. The largest absolute Gasteiger partial charge is 0.484 e. The summed E-state index contributed by atoms with van der Waals surface area (Å²) in [7, 11) is 0. The lowest BCUT2D eigenvalue weighted by atomic mass is 9.82. The van der Waals surface area contributed by atoms with Crippen molar-refractivity contribution >= 4 is 23.0 Å². The topological polar surface area (TPSA) is 68.3 Å². The molecule has 1 aliphatic carbocycles. The van der Waals surface area contributed by atoms with Crippen LogP contribution in [0.2, 0.25) is 0 Å². The molecule has 134 valence electrons. The molecule has 3 rings (SSSR count). The zero-order valence-corrected chi connectivity index (χ0v) is 15.2. The highest BCUT2D eigenvalue weighted by molar-refractivity contribution is 7.12. The van der Waals surface area contributed by atoms with E-state index in [2.05, 4.69) is 16.2 Å². The molecule has 1 aliphatic rings. The summed E-state index contributed by atoms with van der Waals surface area (Å²) in [5.41, 5.74) is -0.248. The van der Waals surface area contributed by atoms with E-state index in [9.17, 15) is 9.59 Å². The highest BCUT2D eigenvalue weighted by atomic mass is 32.1. The molecule has 1 N–H and O–H groups in total. The van der Waals surface area contributed by atoms with Crippen LogP contribution in [-0.4, -0.2) is 28.8 Å². The van der Waals surface area contributed by atoms with Crippen LogP contribution in [0.25, 0.3) is 0 Å². The zero-order chi connectivity index (χ0) is 18.4. The number of carbonyl (C=O) groups excluding carboxylic acids is 2. The maximum Gasteiger partial charge on any atom is 0.266 e. The van der Waals surface area contributed by atoms with Crippen molar-refractivity contribution < 1.29 is 14.3 Å². The van der Waals surface area contributed by atoms with E-state index in [1.807, 2.05) is 0 Å². The number of ketones is 1. The maximum atomic E-state index is 12.7. The molecule has 0 saturated heterocycles. The fourth-order valence-electron chi connectivity index (χ4n) is 3.06. The second-order valence-electron chi connectivity index (χ2n) is 6.28. The Morgan fingerprint density at radius 2 is 2.08 bits per heavy atom. The third kappa shape index (κ3) is 4.12. The molecule has 2 aromatic rings. The standard InChI is InChI=1S/C20H20N2O3S/c1-2-20(10-5-3-6-11-20)22-19(24)18-17(9-13-26-18)25-14-16(23)15-8-4-7-12-21-15/h1,4,7-9,12-13H,3,5-6,10-11,14H2,(H,22,24). The van der Waals surface area contributed by atoms with Crippen molar-refractivity contribution in [2.45, 2.75) is 37.6 Å². The molecule has 2 heterocycles. The lowest BCUT2D eigenvalue weighted by Crippen LogP contribution is -2.48. The van der Waals surface area contributed by atoms with E-state index in [-0.39, 0.29) is 18.3 Å². The predicted molar refractivity (Wildman–Crippen MR) is 100 cm³/mol. The van der Waals surface area contributed by atoms with E-state index in [4.69, 9.17) is 11.2 Å². The Labute approximate surface area is 156 Å². The van der Waals surface area contributed by atoms with Gasteiger partial charge in [-0.2, -0.15) is 0 Å². The molecule has 0 aromatic carbocycles. The Balaban J connectivity index is 1.65. The Bertz CT molecular complexity index is 817. The van der Waals surface area contributed by atoms with Gasteiger partial charge in [-0.3, -0.25) is 14.6 Å². The summed E-state index contributed by atoms with van der Waals surface area (Å²) in [4.78, 5) is 29.3. The van der Waals surface area contributed by atoms with Crippen molar-refractivity contribution in [3.63, 3.8) is 0 Å². The monoisotopic (exact) mass is 368 g/mol. The van der Waals surface area contributed by atoms with Crippen LogP contribution in [0.15, 0.2) is 35.8 Å². The van der Waals surface area contributed by atoms with Crippen LogP contribution in [0.3, 0.4) is 0 Å². The number of hydrogen-bond acceptors (Lipinski definition) is 5. The molecule has 2 aromatic heterocycles. The highest BCUT2D eigenvalue weighted by Crippen LogP contribution is 2.30. The van der Waals surface area contributed by atoms with E-state index in [1.165, 1.54) is 11.3 Å². The molecule has 5 nitrogen and oxygen atoms in total. The lowest BCUT2D eigenvalue weighted by Gasteiger charge is -2.33. The lowest BCUT2D eigenvalue weighted by molar-refractivity contribution is 0.0882. The number of aromatic nitrogens is 1. The molecule has 6 heteroatoms. The van der Waals surface area contributed by atoms with Crippen molar-refractivity contribution in [2.24, 2.45) is 0 Å². The first-order valence-electron chi connectivity index (χ1n) is 8.58. The van der Waals surface area contributed by atoms with Gasteiger partial charge in [0.05, 0.1) is 0 Å². The molecule has 1 amide bonds. The zero-order valence-electron chi connectivity index (χ0n) is 14.4. The molecule has 1 fully saturated rings. The Hall–Kier alpha value is -2.65. The summed E-state index contributed by atoms with van der Waals surface area (Å²) < 4.78 is 5.58. The van der Waals surface area contributed by atoms with Gasteiger partial charge in [-0.25, -0.2) is 0 Å². The van der Waals surface area contributed by atoms with E-state index < -0.39 is 5.54 Å². The minimum absolute atomic E-state index is 0.172. The van der Waals surface area contributed by atoms with Gasteiger partial charge in [0.2, 0.25) is 5.78 Å². The first kappa shape index (κ1) is 18.2. The summed E-state index contributed by atoms with van der Waals surface area (Å²) in [5.74, 6) is 2.67. The van der Waals surface area contributed by atoms with Gasteiger partial charge in [0.15, 0.2) is 6.61 Å². The first-order valence-corrected chi connectivity index (χ1v) is 9.46. The van der Waals surface area contributed by atoms with Gasteiger partial charge >= 0.3 is 0 Å². The number of nitrogens with one attached hydrogen (secondary N) is 1. The van der Waals surface area contributed by atoms with Crippen molar-refractivity contribution in [1.82, 2.24) is 10.3 Å². The summed E-state index contributed by atoms with van der Waals surface area (Å²) in [6.45, 7) is -0.172. The number of pyridine rings is 1. The molecule has 0 aliphatic heterocycles. The fourth-order valence-corrected chi connectivity index (χ4v) is 3.79. The minimum Gasteiger partial charge on any atom is -0.484 e. The number of ether oxygens (including phenoxy) is 1. The summed E-state index contributed by atoms with van der Waals surface area (Å²) in [5, 5.41) is 4.77. The molecule has 0 radical (unpaired) electrons. The second-order valence-corrected chi connectivity index (χ2v) is 7.20. The molecule has 1 saturated carbocycles. The molecular weight excluding hydrogens is 348 g/mol. The van der Waals surface area contributed by atoms with Gasteiger partial charge in [0.25, 0.3) is 5.91 Å². The molecule has 0 atom stereocenters. The predicted octanol–water partition coefficient (Wildman–Crippen LogP) is 3.47. The van der Waals surface area contributed by atoms with Crippen molar-refractivity contribution in [3.8, 4) is 18.1 Å². The van der Waals surface area contributed by atoms with Crippen LogP contribution < -0.4 is 10.1 Å². The average molecular weight is 368 g/mol. The number of rotatable bonds is 6. The molecule has 0 unspecified atom stereocenters. The average Bonchev–Trinajstić information content (AvgIpc) is 3.16. The SMILES string of the molecule is C#CC1(NC(=O)c2sccc2OCC(=O)c2ccccn2)CCCCC1. The minimum atomic E-state index is -0.583. The van der Waals surface area contributed by atoms with Crippen LogP contribution in [0.4, 0.5) is 0 Å². The third-order valence-corrected chi connectivity index (χ3v) is 5.38. The van der Waals surface area contributed by atoms with Gasteiger partial charge in [-0.15, -0.1) is 17.8 Å². The van der Waals surface area contributed by atoms with Gasteiger partial charge < -0.3 is 10.1 Å². The maximum absolute atomic E-state index is 12.7. The Kier molecular flexibility index (Phi) is 5.69. The van der Waals surface area contributed by atoms with E-state index in [1.54, 1.807) is 35.8 Å². The number of Topliss-reactive ketones (excluding diaryl/α,β-unsaturated/α-hetero) is 1. The van der Waals surface area contributed by atoms with Crippen molar-refractivity contribution in [2.75, 3.05) is 6.61 Å². The van der Waals surface area contributed by atoms with E-state index in [0.717, 1.165) is 32.1 Å². The summed E-state index contributed by atoms with van der Waals surface area (Å²) in [6, 6.07) is 6.81. The summed E-state index contributed by atoms with van der Waals surface area (Å²) >= 11 is 1.27. The van der Waals surface area contributed by atoms with Gasteiger partial charge in [-0.05, 0) is 36.4 Å². The van der Waals surface area contributed by atoms with Gasteiger partial charge in [0.1, 0.15) is 21.9 Å². The number of terminal acetylenes is 1. The van der Waals surface area contributed by atoms with Crippen LogP contribution in [0.1, 0.15) is 52.3 Å². The smallest absolute Gasteiger partial charge is 0.266 e. The number of thiophene rings is 1. The Morgan fingerprint density at radius 3 is 2.77 bits per heavy atom. The van der Waals surface area contributed by atoms with Crippen LogP contribution in [0.5, 0.6) is 5.75 Å². The van der Waals surface area contributed by atoms with Crippen molar-refractivity contribution in [3.05, 3.63) is 46.4 Å². The van der Waals surface area contributed by atoms with Gasteiger partial charge in [-0.1, -0.05) is 31.2 Å². The second kappa shape index (κ2) is 8.15. The van der Waals surface area contributed by atoms with E-state index in [0.29, 0.717) is 16.3 Å². The Morgan fingerprint density at radius 1 is 1.27 bits per heavy atom. The normalized spacial score (nSPS) is 15.7. The number of amides is 1. The van der Waals surface area contributed by atoms with Crippen LogP contribution >= 0.6 is 11.3 Å². The quantitative estimate of drug-likeness (QED) is 0.626. The van der Waals surface area contributed by atoms with Crippen molar-refractivity contribution in [1.29, 1.82) is 0 Å². The number of nitrogens with zero attached hydrogens (tertiary/aromatic N) is 1. The summed E-state index contributed by atoms with van der Waals surface area (Å²) in [6.07, 6.45) is 12.0. The number of carbonyl (C=O) groups is 2. The first-order chi connectivity index (χ1) is 12.6. The number of hydrogen-bond donors (Lipinski definition) is 1. The molecular formula is C20H20N2O3S. The highest BCUT2D eigenvalue weighted by Gasteiger charge is 2.32. The van der Waals surface area contributed by atoms with Crippen LogP contribution in [0, 0.1) is 12.3 Å². The fraction of sp³-hybridized carbons (Fsp3) is 0.350.